The van der Waals surface area contributed by atoms with Crippen LogP contribution in [-0.4, -0.2) is 20.6 Å². The molecule has 17 heavy (non-hydrogen) atoms. The Labute approximate surface area is 99.9 Å². The molecule has 4 nitrogen and oxygen atoms in total. The van der Waals surface area contributed by atoms with Crippen molar-refractivity contribution in [2.24, 2.45) is 5.41 Å². The van der Waals surface area contributed by atoms with E-state index in [1.807, 2.05) is 6.07 Å². The van der Waals surface area contributed by atoms with E-state index in [4.69, 9.17) is 5.11 Å². The van der Waals surface area contributed by atoms with Gasteiger partial charge < -0.3 is 9.67 Å². The number of nitrogens with zero attached hydrogens (tertiary/aromatic N) is 2. The Balaban J connectivity index is 2.45. The van der Waals surface area contributed by atoms with Gasteiger partial charge in [-0.25, -0.2) is 9.78 Å². The molecule has 0 amide bonds. The van der Waals surface area contributed by atoms with E-state index in [2.05, 4.69) is 30.3 Å². The predicted octanol–water partition coefficient (Wildman–Crippen LogP) is 2.78. The largest absolute Gasteiger partial charge is 0.478 e. The van der Waals surface area contributed by atoms with Gasteiger partial charge in [0.05, 0.1) is 22.9 Å². The van der Waals surface area contributed by atoms with Gasteiger partial charge in [0.2, 0.25) is 0 Å². The fourth-order valence-electron chi connectivity index (χ4n) is 1.83. The summed E-state index contributed by atoms with van der Waals surface area (Å²) >= 11 is 0. The van der Waals surface area contributed by atoms with E-state index >= 15 is 0 Å². The zero-order valence-corrected chi connectivity index (χ0v) is 10.3. The number of hydrogen-bond acceptors (Lipinski definition) is 2. The van der Waals surface area contributed by atoms with Crippen LogP contribution in [0.3, 0.4) is 0 Å². The molecule has 1 aromatic heterocycles. The van der Waals surface area contributed by atoms with Crippen LogP contribution in [0.2, 0.25) is 0 Å². The minimum absolute atomic E-state index is 0.166. The van der Waals surface area contributed by atoms with Gasteiger partial charge in [0.1, 0.15) is 0 Å². The van der Waals surface area contributed by atoms with Crippen LogP contribution in [0.5, 0.6) is 0 Å². The second kappa shape index (κ2) is 3.87. The highest BCUT2D eigenvalue weighted by Crippen LogP contribution is 2.21. The molecule has 0 spiro atoms. The second-order valence-electron chi connectivity index (χ2n) is 5.44. The van der Waals surface area contributed by atoms with Crippen LogP contribution >= 0.6 is 0 Å². The molecule has 1 aromatic carbocycles. The number of hydrogen-bond donors (Lipinski definition) is 1. The zero-order valence-electron chi connectivity index (χ0n) is 10.3. The standard InChI is InChI=1S/C13H16N2O2/c1-13(2,3)7-15-8-14-10-6-9(12(16)17)4-5-11(10)15/h4-6,8H,7H2,1-3H3,(H,16,17). The summed E-state index contributed by atoms with van der Waals surface area (Å²) in [6.07, 6.45) is 1.77. The SMILES string of the molecule is CC(C)(C)Cn1cnc2cc(C(=O)O)ccc21. The second-order valence-corrected chi connectivity index (χ2v) is 5.44. The fraction of sp³-hybridized carbons (Fsp3) is 0.385. The first-order valence-corrected chi connectivity index (χ1v) is 5.55. The summed E-state index contributed by atoms with van der Waals surface area (Å²) in [6, 6.07) is 5.04. The summed E-state index contributed by atoms with van der Waals surface area (Å²) in [6.45, 7) is 7.33. The number of rotatable bonds is 2. The molecule has 0 fully saturated rings. The summed E-state index contributed by atoms with van der Waals surface area (Å²) < 4.78 is 2.06. The van der Waals surface area contributed by atoms with Gasteiger partial charge in [-0.05, 0) is 23.6 Å². The Morgan fingerprint density at radius 3 is 2.71 bits per heavy atom. The molecule has 0 saturated heterocycles. The average Bonchev–Trinajstić information content (AvgIpc) is 2.58. The predicted molar refractivity (Wildman–Crippen MR) is 66.1 cm³/mol. The monoisotopic (exact) mass is 232 g/mol. The summed E-state index contributed by atoms with van der Waals surface area (Å²) in [5.74, 6) is -0.919. The molecule has 0 atom stereocenters. The Kier molecular flexibility index (Phi) is 2.65. The van der Waals surface area contributed by atoms with Gasteiger partial charge in [0.25, 0.3) is 0 Å². The van der Waals surface area contributed by atoms with Crippen molar-refractivity contribution in [3.8, 4) is 0 Å². The molecule has 1 heterocycles. The highest BCUT2D eigenvalue weighted by Gasteiger charge is 2.14. The third kappa shape index (κ3) is 2.46. The van der Waals surface area contributed by atoms with Crippen LogP contribution in [-0.2, 0) is 6.54 Å². The topological polar surface area (TPSA) is 55.1 Å². The lowest BCUT2D eigenvalue weighted by atomic mass is 9.97. The van der Waals surface area contributed by atoms with E-state index in [1.165, 1.54) is 0 Å². The van der Waals surface area contributed by atoms with E-state index in [1.54, 1.807) is 18.5 Å². The molecule has 0 aliphatic rings. The number of carbonyl (C=O) groups is 1. The van der Waals surface area contributed by atoms with Crippen LogP contribution in [0.1, 0.15) is 31.1 Å². The lowest BCUT2D eigenvalue weighted by Crippen LogP contribution is -2.14. The van der Waals surface area contributed by atoms with E-state index in [-0.39, 0.29) is 11.0 Å². The lowest BCUT2D eigenvalue weighted by Gasteiger charge is -2.19. The van der Waals surface area contributed by atoms with Gasteiger partial charge in [-0.3, -0.25) is 0 Å². The van der Waals surface area contributed by atoms with Gasteiger partial charge in [-0.1, -0.05) is 20.8 Å². The van der Waals surface area contributed by atoms with Gasteiger partial charge >= 0.3 is 5.97 Å². The molecular weight excluding hydrogens is 216 g/mol. The first-order chi connectivity index (χ1) is 7.87. The number of fused-ring (bicyclic) bond motifs is 1. The molecule has 0 radical (unpaired) electrons. The van der Waals surface area contributed by atoms with Crippen molar-refractivity contribution in [3.05, 3.63) is 30.1 Å². The normalized spacial score (nSPS) is 11.9. The van der Waals surface area contributed by atoms with Gasteiger partial charge in [0.15, 0.2) is 0 Å². The first kappa shape index (κ1) is 11.6. The Morgan fingerprint density at radius 1 is 1.41 bits per heavy atom. The first-order valence-electron chi connectivity index (χ1n) is 5.55. The number of aromatic carboxylic acids is 1. The van der Waals surface area contributed by atoms with Crippen molar-refractivity contribution in [2.75, 3.05) is 0 Å². The number of benzene rings is 1. The molecule has 1 N–H and O–H groups in total. The van der Waals surface area contributed by atoms with Gasteiger partial charge in [-0.15, -0.1) is 0 Å². The summed E-state index contributed by atoms with van der Waals surface area (Å²) in [5, 5.41) is 8.90. The van der Waals surface area contributed by atoms with E-state index in [9.17, 15) is 4.79 Å². The van der Waals surface area contributed by atoms with Crippen molar-refractivity contribution >= 4 is 17.0 Å². The summed E-state index contributed by atoms with van der Waals surface area (Å²) in [5.41, 5.74) is 2.15. The smallest absolute Gasteiger partial charge is 0.335 e. The van der Waals surface area contributed by atoms with E-state index in [0.717, 1.165) is 17.6 Å². The molecule has 0 unspecified atom stereocenters. The Morgan fingerprint density at radius 2 is 2.12 bits per heavy atom. The maximum Gasteiger partial charge on any atom is 0.335 e. The van der Waals surface area contributed by atoms with Gasteiger partial charge in [-0.2, -0.15) is 0 Å². The van der Waals surface area contributed by atoms with Crippen LogP contribution in [0.4, 0.5) is 0 Å². The van der Waals surface area contributed by atoms with Crippen LogP contribution in [0.15, 0.2) is 24.5 Å². The van der Waals surface area contributed by atoms with Gasteiger partial charge in [0, 0.05) is 6.54 Å². The maximum absolute atomic E-state index is 10.8. The quantitative estimate of drug-likeness (QED) is 0.866. The Hall–Kier alpha value is -1.84. The summed E-state index contributed by atoms with van der Waals surface area (Å²) in [4.78, 5) is 15.1. The highest BCUT2D eigenvalue weighted by atomic mass is 16.4. The third-order valence-corrected chi connectivity index (χ3v) is 2.51. The molecule has 2 aromatic rings. The molecule has 0 bridgehead atoms. The minimum atomic E-state index is -0.919. The van der Waals surface area contributed by atoms with Crippen LogP contribution in [0.25, 0.3) is 11.0 Å². The van der Waals surface area contributed by atoms with Crippen molar-refractivity contribution in [3.63, 3.8) is 0 Å². The maximum atomic E-state index is 10.8. The zero-order chi connectivity index (χ0) is 12.6. The molecule has 0 saturated carbocycles. The molecule has 90 valence electrons. The van der Waals surface area contributed by atoms with Crippen LogP contribution < -0.4 is 0 Å². The number of aromatic nitrogens is 2. The molecule has 4 heteroatoms. The molecular formula is C13H16N2O2. The van der Waals surface area contributed by atoms with Crippen LogP contribution in [0, 0.1) is 5.41 Å². The van der Waals surface area contributed by atoms with Crippen molar-refractivity contribution in [1.82, 2.24) is 9.55 Å². The van der Waals surface area contributed by atoms with Crippen molar-refractivity contribution < 1.29 is 9.90 Å². The van der Waals surface area contributed by atoms with E-state index < -0.39 is 5.97 Å². The highest BCUT2D eigenvalue weighted by molar-refractivity contribution is 5.92. The lowest BCUT2D eigenvalue weighted by molar-refractivity contribution is 0.0697. The third-order valence-electron chi connectivity index (χ3n) is 2.51. The Bertz CT molecular complexity index is 564. The molecule has 2 rings (SSSR count). The minimum Gasteiger partial charge on any atom is -0.478 e. The summed E-state index contributed by atoms with van der Waals surface area (Å²) in [7, 11) is 0. The average molecular weight is 232 g/mol. The van der Waals surface area contributed by atoms with Crippen molar-refractivity contribution in [2.45, 2.75) is 27.3 Å². The number of carboxylic acids is 1. The molecule has 0 aliphatic heterocycles. The number of imidazole rings is 1. The van der Waals surface area contributed by atoms with E-state index in [0.29, 0.717) is 0 Å². The fourth-order valence-corrected chi connectivity index (χ4v) is 1.83. The number of carboxylic acid groups (broad SMARTS) is 1. The van der Waals surface area contributed by atoms with Crippen molar-refractivity contribution in [1.29, 1.82) is 0 Å². The molecule has 0 aliphatic carbocycles.